The zero-order chi connectivity index (χ0) is 8.55. The van der Waals surface area contributed by atoms with Crippen LogP contribution < -0.4 is 0 Å². The molecule has 2 heterocycles. The van der Waals surface area contributed by atoms with E-state index in [0.29, 0.717) is 0 Å². The number of pyridine rings is 2. The largest absolute Gasteiger partial charge is 0.264 e. The summed E-state index contributed by atoms with van der Waals surface area (Å²) in [6.45, 7) is 2.05. The van der Waals surface area contributed by atoms with E-state index in [2.05, 4.69) is 39.5 Å². The number of aromatic nitrogens is 2. The monoisotopic (exact) mass is 270 g/mol. The zero-order valence-electron chi connectivity index (χ0n) is 6.58. The molecule has 0 aliphatic carbocycles. The molecule has 0 aromatic carbocycles. The average molecular weight is 270 g/mol. The molecule has 60 valence electrons. The first-order chi connectivity index (χ1) is 5.79. The summed E-state index contributed by atoms with van der Waals surface area (Å²) in [7, 11) is 0. The highest BCUT2D eigenvalue weighted by Crippen LogP contribution is 2.20. The summed E-state index contributed by atoms with van der Waals surface area (Å²) in [5, 5.41) is 2.38. The van der Waals surface area contributed by atoms with Gasteiger partial charge in [-0.15, -0.1) is 0 Å². The molecule has 2 nitrogen and oxygen atoms in total. The van der Waals surface area contributed by atoms with Crippen LogP contribution in [0.25, 0.3) is 10.8 Å². The standard InChI is InChI=1S/C9H7IN2/c1-6-4-11-5-7-2-3-12-9(10)8(6)7/h2-5H,1H3. The first-order valence-corrected chi connectivity index (χ1v) is 4.72. The average Bonchev–Trinajstić information content (AvgIpc) is 2.04. The van der Waals surface area contributed by atoms with Crippen molar-refractivity contribution in [3.63, 3.8) is 0 Å². The van der Waals surface area contributed by atoms with Crippen molar-refractivity contribution in [1.82, 2.24) is 9.97 Å². The molecule has 0 spiro atoms. The van der Waals surface area contributed by atoms with E-state index < -0.39 is 0 Å². The van der Waals surface area contributed by atoms with E-state index in [-0.39, 0.29) is 0 Å². The Kier molecular flexibility index (Phi) is 1.96. The highest BCUT2D eigenvalue weighted by molar-refractivity contribution is 14.1. The summed E-state index contributed by atoms with van der Waals surface area (Å²) >= 11 is 2.24. The fraction of sp³-hybridized carbons (Fsp3) is 0.111. The Morgan fingerprint density at radius 3 is 2.92 bits per heavy atom. The highest BCUT2D eigenvalue weighted by Gasteiger charge is 2.01. The van der Waals surface area contributed by atoms with Crippen molar-refractivity contribution in [3.05, 3.63) is 33.9 Å². The second-order valence-electron chi connectivity index (χ2n) is 2.66. The molecule has 0 amide bonds. The minimum Gasteiger partial charge on any atom is -0.264 e. The minimum absolute atomic E-state index is 1.05. The third kappa shape index (κ3) is 1.18. The lowest BCUT2D eigenvalue weighted by molar-refractivity contribution is 1.26. The van der Waals surface area contributed by atoms with Crippen molar-refractivity contribution in [1.29, 1.82) is 0 Å². The van der Waals surface area contributed by atoms with Gasteiger partial charge in [0.25, 0.3) is 0 Å². The van der Waals surface area contributed by atoms with E-state index >= 15 is 0 Å². The van der Waals surface area contributed by atoms with Crippen molar-refractivity contribution >= 4 is 33.4 Å². The number of aryl methyl sites for hydroxylation is 1. The second kappa shape index (κ2) is 2.97. The topological polar surface area (TPSA) is 25.8 Å². The van der Waals surface area contributed by atoms with Gasteiger partial charge in [0, 0.05) is 29.4 Å². The van der Waals surface area contributed by atoms with Crippen molar-refractivity contribution < 1.29 is 0 Å². The molecular weight excluding hydrogens is 263 g/mol. The number of fused-ring (bicyclic) bond motifs is 1. The van der Waals surface area contributed by atoms with E-state index in [1.165, 1.54) is 10.9 Å². The van der Waals surface area contributed by atoms with Gasteiger partial charge in [0.15, 0.2) is 0 Å². The van der Waals surface area contributed by atoms with Crippen LogP contribution in [0, 0.1) is 10.6 Å². The summed E-state index contributed by atoms with van der Waals surface area (Å²) in [4.78, 5) is 8.35. The maximum absolute atomic E-state index is 4.23. The predicted molar refractivity (Wildman–Crippen MR) is 57.0 cm³/mol. The van der Waals surface area contributed by atoms with Crippen LogP contribution >= 0.6 is 22.6 Å². The van der Waals surface area contributed by atoms with E-state index in [9.17, 15) is 0 Å². The van der Waals surface area contributed by atoms with Gasteiger partial charge in [-0.2, -0.15) is 0 Å². The maximum Gasteiger partial charge on any atom is 0.109 e. The molecule has 2 aromatic heterocycles. The van der Waals surface area contributed by atoms with E-state index in [0.717, 1.165) is 9.09 Å². The van der Waals surface area contributed by atoms with Crippen LogP contribution in [0.2, 0.25) is 0 Å². The van der Waals surface area contributed by atoms with E-state index in [1.54, 1.807) is 0 Å². The fourth-order valence-corrected chi connectivity index (χ4v) is 2.14. The molecule has 3 heteroatoms. The van der Waals surface area contributed by atoms with Crippen molar-refractivity contribution in [2.75, 3.05) is 0 Å². The Morgan fingerprint density at radius 1 is 1.33 bits per heavy atom. The Hall–Kier alpha value is -0.710. The molecule has 0 radical (unpaired) electrons. The number of halogens is 1. The number of hydrogen-bond acceptors (Lipinski definition) is 2. The summed E-state index contributed by atoms with van der Waals surface area (Å²) in [5.41, 5.74) is 1.19. The molecule has 0 unspecified atom stereocenters. The SMILES string of the molecule is Cc1cncc2ccnc(I)c12. The Morgan fingerprint density at radius 2 is 2.17 bits per heavy atom. The molecule has 2 rings (SSSR count). The van der Waals surface area contributed by atoms with Crippen LogP contribution in [0.15, 0.2) is 24.7 Å². The molecule has 0 saturated carbocycles. The van der Waals surface area contributed by atoms with Gasteiger partial charge in [0.2, 0.25) is 0 Å². The quantitative estimate of drug-likeness (QED) is 0.543. The Labute approximate surface area is 84.2 Å². The molecule has 0 bridgehead atoms. The minimum atomic E-state index is 1.05. The number of nitrogens with zero attached hydrogens (tertiary/aromatic N) is 2. The van der Waals surface area contributed by atoms with Crippen LogP contribution in [0.1, 0.15) is 5.56 Å². The number of hydrogen-bond donors (Lipinski definition) is 0. The summed E-state index contributed by atoms with van der Waals surface area (Å²) < 4.78 is 1.05. The van der Waals surface area contributed by atoms with Gasteiger partial charge in [-0.1, -0.05) is 0 Å². The van der Waals surface area contributed by atoms with Crippen LogP contribution in [0.3, 0.4) is 0 Å². The van der Waals surface area contributed by atoms with Crippen LogP contribution in [-0.2, 0) is 0 Å². The molecular formula is C9H7IN2. The first-order valence-electron chi connectivity index (χ1n) is 3.64. The van der Waals surface area contributed by atoms with Gasteiger partial charge < -0.3 is 0 Å². The molecule has 0 aliphatic rings. The van der Waals surface area contributed by atoms with Gasteiger partial charge in [-0.3, -0.25) is 4.98 Å². The Balaban J connectivity index is 2.96. The third-order valence-electron chi connectivity index (χ3n) is 1.81. The highest BCUT2D eigenvalue weighted by atomic mass is 127. The molecule has 0 atom stereocenters. The van der Waals surface area contributed by atoms with Gasteiger partial charge in [0.1, 0.15) is 3.70 Å². The molecule has 0 N–H and O–H groups in total. The summed E-state index contributed by atoms with van der Waals surface area (Å²) in [5.74, 6) is 0. The van der Waals surface area contributed by atoms with Gasteiger partial charge in [0.05, 0.1) is 0 Å². The summed E-state index contributed by atoms with van der Waals surface area (Å²) in [6.07, 6.45) is 5.55. The lowest BCUT2D eigenvalue weighted by atomic mass is 10.1. The van der Waals surface area contributed by atoms with Gasteiger partial charge >= 0.3 is 0 Å². The van der Waals surface area contributed by atoms with Crippen molar-refractivity contribution in [3.8, 4) is 0 Å². The molecule has 2 aromatic rings. The van der Waals surface area contributed by atoms with Crippen LogP contribution in [0.5, 0.6) is 0 Å². The fourth-order valence-electron chi connectivity index (χ4n) is 1.24. The van der Waals surface area contributed by atoms with Crippen LogP contribution in [0.4, 0.5) is 0 Å². The first kappa shape index (κ1) is 7.91. The molecule has 0 aliphatic heterocycles. The van der Waals surface area contributed by atoms with Crippen LogP contribution in [-0.4, -0.2) is 9.97 Å². The van der Waals surface area contributed by atoms with Gasteiger partial charge in [-0.25, -0.2) is 4.98 Å². The smallest absolute Gasteiger partial charge is 0.109 e. The molecule has 12 heavy (non-hydrogen) atoms. The molecule has 0 fully saturated rings. The maximum atomic E-state index is 4.23. The lowest BCUT2D eigenvalue weighted by Crippen LogP contribution is -1.87. The van der Waals surface area contributed by atoms with E-state index in [4.69, 9.17) is 0 Å². The third-order valence-corrected chi connectivity index (χ3v) is 2.63. The predicted octanol–water partition coefficient (Wildman–Crippen LogP) is 2.54. The lowest BCUT2D eigenvalue weighted by Gasteiger charge is -2.01. The van der Waals surface area contributed by atoms with Gasteiger partial charge in [-0.05, 0) is 41.1 Å². The van der Waals surface area contributed by atoms with E-state index in [1.807, 2.05) is 24.7 Å². The van der Waals surface area contributed by atoms with Crippen molar-refractivity contribution in [2.45, 2.75) is 6.92 Å². The second-order valence-corrected chi connectivity index (χ2v) is 3.68. The summed E-state index contributed by atoms with van der Waals surface area (Å²) in [6, 6.07) is 1.98. The number of rotatable bonds is 0. The van der Waals surface area contributed by atoms with Crippen molar-refractivity contribution in [2.24, 2.45) is 0 Å². The zero-order valence-corrected chi connectivity index (χ0v) is 8.74. The Bertz CT molecular complexity index is 389. The normalized spacial score (nSPS) is 10.5. The molecule has 0 saturated heterocycles.